The van der Waals surface area contributed by atoms with Crippen LogP contribution in [0, 0.1) is 5.92 Å². The first-order valence-electron chi connectivity index (χ1n) is 16.7. The van der Waals surface area contributed by atoms with Gasteiger partial charge < -0.3 is 29.9 Å². The van der Waals surface area contributed by atoms with E-state index in [1.54, 1.807) is 29.8 Å². The topological polar surface area (TPSA) is 139 Å². The van der Waals surface area contributed by atoms with Crippen molar-refractivity contribution in [2.75, 3.05) is 31.0 Å². The Labute approximate surface area is 287 Å². The molecule has 2 aliphatic rings. The number of methoxy groups -OCH3 is 1. The second kappa shape index (κ2) is 13.5. The summed E-state index contributed by atoms with van der Waals surface area (Å²) in [7, 11) is 1.05. The van der Waals surface area contributed by atoms with E-state index in [-0.39, 0.29) is 36.0 Å². The average molecular weight is 684 g/mol. The van der Waals surface area contributed by atoms with Crippen molar-refractivity contribution in [3.63, 3.8) is 0 Å². The zero-order valence-electron chi connectivity index (χ0n) is 28.8. The Bertz CT molecular complexity index is 1810. The molecule has 6 rings (SSSR count). The molecule has 0 aliphatic carbocycles. The summed E-state index contributed by atoms with van der Waals surface area (Å²) in [5.74, 6) is -0.397. The third-order valence-electron chi connectivity index (χ3n) is 10.6. The second-order valence-electron chi connectivity index (χ2n) is 13.8. The standard InChI is InChI=1S/C37H45N5O6Si/c1-23-34(49(5,6)28-15-13-27(47-4)14-16-28)33(18-19-42-21-31(39-40-42)29(22-43)25-10-8-7-9-11-25)48-37(23)30-20-26(38-35(45)24(2)44)12-17-32(30)41(3)36(37)46/h7-17,20-21,23-24,29,33-34,43-44H,18-19,22H2,1-6H3,(H,38,45)/t23-,24+,29?,33+,34-,37+/m1/s1. The number of amides is 2. The highest BCUT2D eigenvalue weighted by molar-refractivity contribution is 6.91. The maximum atomic E-state index is 14.4. The van der Waals surface area contributed by atoms with E-state index in [0.29, 0.717) is 29.9 Å². The molecule has 3 N–H and O–H groups in total. The number of ether oxygens (including phenoxy) is 2. The lowest BCUT2D eigenvalue weighted by atomic mass is 9.82. The molecule has 3 heterocycles. The van der Waals surface area contributed by atoms with Gasteiger partial charge in [-0.2, -0.15) is 0 Å². The molecule has 12 heteroatoms. The van der Waals surface area contributed by atoms with E-state index in [0.717, 1.165) is 17.0 Å². The Kier molecular flexibility index (Phi) is 9.51. The van der Waals surface area contributed by atoms with Gasteiger partial charge in [-0.05, 0) is 54.8 Å². The molecule has 1 fully saturated rings. The molecule has 11 nitrogen and oxygen atoms in total. The molecule has 2 aliphatic heterocycles. The molecule has 258 valence electrons. The maximum Gasteiger partial charge on any atom is 0.264 e. The number of fused-ring (bicyclic) bond motifs is 2. The lowest BCUT2D eigenvalue weighted by Gasteiger charge is -2.37. The predicted molar refractivity (Wildman–Crippen MR) is 190 cm³/mol. The number of nitrogens with zero attached hydrogens (tertiary/aromatic N) is 4. The zero-order chi connectivity index (χ0) is 35.1. The summed E-state index contributed by atoms with van der Waals surface area (Å²) >= 11 is 0. The number of hydrogen-bond acceptors (Lipinski definition) is 8. The van der Waals surface area contributed by atoms with Crippen molar-refractivity contribution < 1.29 is 29.3 Å². The van der Waals surface area contributed by atoms with Crippen LogP contribution in [0.15, 0.2) is 79.0 Å². The van der Waals surface area contributed by atoms with Crippen molar-refractivity contribution >= 4 is 36.4 Å². The predicted octanol–water partition coefficient (Wildman–Crippen LogP) is 4.01. The SMILES string of the molecule is COc1ccc([Si](C)(C)[C@H]2[C@H](CCn3cc(C(CO)c4ccccc4)nn3)O[C@@]3(C(=O)N(C)c4ccc(NC(=O)[C@H](C)O)cc43)[C@@H]2C)cc1. The Morgan fingerprint density at radius 2 is 1.84 bits per heavy atom. The number of rotatable bonds is 11. The molecule has 4 aromatic rings. The van der Waals surface area contributed by atoms with Crippen molar-refractivity contribution in [3.8, 4) is 5.75 Å². The number of nitrogens with one attached hydrogen (secondary N) is 1. The molecule has 1 aromatic heterocycles. The molecule has 1 saturated heterocycles. The summed E-state index contributed by atoms with van der Waals surface area (Å²) in [4.78, 5) is 28.5. The maximum absolute atomic E-state index is 14.4. The van der Waals surface area contributed by atoms with Crippen LogP contribution >= 0.6 is 0 Å². The molecular weight excluding hydrogens is 639 g/mol. The Hall–Kier alpha value is -4.36. The van der Waals surface area contributed by atoms with Crippen LogP contribution in [0.25, 0.3) is 0 Å². The number of anilines is 2. The van der Waals surface area contributed by atoms with Gasteiger partial charge in [0.2, 0.25) is 0 Å². The average Bonchev–Trinajstić information content (AvgIpc) is 3.75. The van der Waals surface area contributed by atoms with Crippen molar-refractivity contribution in [2.24, 2.45) is 5.92 Å². The summed E-state index contributed by atoms with van der Waals surface area (Å²) in [6.07, 6.45) is 0.958. The molecule has 3 aromatic carbocycles. The van der Waals surface area contributed by atoms with E-state index in [2.05, 4.69) is 47.8 Å². The minimum Gasteiger partial charge on any atom is -0.497 e. The Balaban J connectivity index is 1.37. The van der Waals surface area contributed by atoms with Crippen LogP contribution in [0.2, 0.25) is 18.6 Å². The largest absolute Gasteiger partial charge is 0.497 e. The summed E-state index contributed by atoms with van der Waals surface area (Å²) in [5.41, 5.74) is 2.31. The Morgan fingerprint density at radius 3 is 2.49 bits per heavy atom. The van der Waals surface area contributed by atoms with Gasteiger partial charge in [-0.1, -0.05) is 72.9 Å². The van der Waals surface area contributed by atoms with Crippen molar-refractivity contribution in [1.82, 2.24) is 15.0 Å². The first kappa shape index (κ1) is 34.5. The fraction of sp³-hybridized carbons (Fsp3) is 0.405. The number of likely N-dealkylation sites (N-methyl/N-ethyl adjacent to an activating group) is 1. The van der Waals surface area contributed by atoms with E-state index in [1.165, 1.54) is 12.1 Å². The van der Waals surface area contributed by atoms with Gasteiger partial charge in [-0.3, -0.25) is 14.3 Å². The number of carbonyl (C=O) groups excluding carboxylic acids is 2. The number of aliphatic hydroxyl groups is 2. The van der Waals surface area contributed by atoms with Gasteiger partial charge in [0.15, 0.2) is 5.60 Å². The third kappa shape index (κ3) is 6.07. The minimum atomic E-state index is -2.36. The van der Waals surface area contributed by atoms with Crippen molar-refractivity contribution in [1.29, 1.82) is 0 Å². The molecular formula is C37H45N5O6Si. The van der Waals surface area contributed by atoms with E-state index in [4.69, 9.17) is 9.47 Å². The fourth-order valence-electron chi connectivity index (χ4n) is 7.91. The first-order chi connectivity index (χ1) is 23.4. The normalized spacial score (nSPS) is 23.1. The Morgan fingerprint density at radius 1 is 1.12 bits per heavy atom. The van der Waals surface area contributed by atoms with Crippen LogP contribution in [0.5, 0.6) is 5.75 Å². The molecule has 0 radical (unpaired) electrons. The highest BCUT2D eigenvalue weighted by Gasteiger charge is 2.65. The third-order valence-corrected chi connectivity index (χ3v) is 14.9. The number of aromatic nitrogens is 3. The molecule has 6 atom stereocenters. The fourth-order valence-corrected chi connectivity index (χ4v) is 12.0. The van der Waals surface area contributed by atoms with E-state index >= 15 is 0 Å². The first-order valence-corrected chi connectivity index (χ1v) is 19.8. The number of aryl methyl sites for hydroxylation is 1. The minimum absolute atomic E-state index is 0.0115. The van der Waals surface area contributed by atoms with Gasteiger partial charge in [-0.25, -0.2) is 0 Å². The van der Waals surface area contributed by atoms with Gasteiger partial charge in [0, 0.05) is 37.0 Å². The lowest BCUT2D eigenvalue weighted by Crippen LogP contribution is -2.51. The second-order valence-corrected chi connectivity index (χ2v) is 18.4. The van der Waals surface area contributed by atoms with E-state index in [9.17, 15) is 19.8 Å². The number of hydrogen-bond donors (Lipinski definition) is 3. The monoisotopic (exact) mass is 683 g/mol. The molecule has 0 saturated carbocycles. The number of carbonyl (C=O) groups is 2. The quantitative estimate of drug-likeness (QED) is 0.202. The van der Waals surface area contributed by atoms with E-state index in [1.807, 2.05) is 60.8 Å². The molecule has 1 unspecified atom stereocenters. The van der Waals surface area contributed by atoms with Crippen LogP contribution in [0.4, 0.5) is 11.4 Å². The zero-order valence-corrected chi connectivity index (χ0v) is 29.8. The van der Waals surface area contributed by atoms with Crippen LogP contribution in [0.3, 0.4) is 0 Å². The lowest BCUT2D eigenvalue weighted by molar-refractivity contribution is -0.145. The van der Waals surface area contributed by atoms with Crippen LogP contribution < -0.4 is 20.1 Å². The van der Waals surface area contributed by atoms with Gasteiger partial charge in [0.25, 0.3) is 11.8 Å². The molecule has 2 amide bonds. The summed E-state index contributed by atoms with van der Waals surface area (Å²) < 4.78 is 14.4. The van der Waals surface area contributed by atoms with Gasteiger partial charge in [0.1, 0.15) is 11.9 Å². The number of benzene rings is 3. The number of aliphatic hydroxyl groups excluding tert-OH is 2. The summed E-state index contributed by atoms with van der Waals surface area (Å²) in [6.45, 7) is 8.59. The molecule has 0 bridgehead atoms. The van der Waals surface area contributed by atoms with Gasteiger partial charge in [0.05, 0.1) is 45.2 Å². The van der Waals surface area contributed by atoms with Crippen LogP contribution in [0.1, 0.15) is 43.0 Å². The molecule has 1 spiro atoms. The summed E-state index contributed by atoms with van der Waals surface area (Å²) in [5, 5.41) is 32.9. The van der Waals surface area contributed by atoms with Crippen LogP contribution in [-0.2, 0) is 26.5 Å². The molecule has 49 heavy (non-hydrogen) atoms. The van der Waals surface area contributed by atoms with Gasteiger partial charge >= 0.3 is 0 Å². The van der Waals surface area contributed by atoms with Crippen molar-refractivity contribution in [2.45, 2.75) is 69.2 Å². The van der Waals surface area contributed by atoms with Gasteiger partial charge in [-0.15, -0.1) is 5.10 Å². The van der Waals surface area contributed by atoms with Crippen LogP contribution in [-0.4, -0.2) is 78.1 Å². The van der Waals surface area contributed by atoms with E-state index < -0.39 is 25.7 Å². The highest BCUT2D eigenvalue weighted by Crippen LogP contribution is 2.60. The summed E-state index contributed by atoms with van der Waals surface area (Å²) in [6, 6.07) is 23.4. The highest BCUT2D eigenvalue weighted by atomic mass is 28.3. The smallest absolute Gasteiger partial charge is 0.264 e. The van der Waals surface area contributed by atoms with Crippen molar-refractivity contribution in [3.05, 3.63) is 95.8 Å².